The van der Waals surface area contributed by atoms with Gasteiger partial charge in [-0.25, -0.2) is 27.0 Å². The molecule has 0 amide bonds. The molecule has 0 radical (unpaired) electrons. The molecule has 9 heteroatoms. The van der Waals surface area contributed by atoms with Gasteiger partial charge in [0, 0.05) is 31.1 Å². The summed E-state index contributed by atoms with van der Waals surface area (Å²) in [5.41, 5.74) is 2.99. The molecule has 0 atom stereocenters. The number of piperidine rings is 1. The molecule has 1 aliphatic rings. The second kappa shape index (κ2) is 7.64. The predicted octanol–water partition coefficient (Wildman–Crippen LogP) is 3.50. The first-order chi connectivity index (χ1) is 15.4. The Hall–Kier alpha value is -3.38. The lowest BCUT2D eigenvalue weighted by Gasteiger charge is -2.34. The molecule has 4 heterocycles. The molecule has 0 saturated carbocycles. The number of aromatic nitrogens is 4. The normalized spacial score (nSPS) is 15.5. The summed E-state index contributed by atoms with van der Waals surface area (Å²) in [4.78, 5) is 9.38. The average Bonchev–Trinajstić information content (AvgIpc) is 3.35. The number of aryl methyl sites for hydroxylation is 2. The topological polar surface area (TPSA) is 96.8 Å². The van der Waals surface area contributed by atoms with Crippen molar-refractivity contribution in [2.75, 3.05) is 18.1 Å². The zero-order valence-corrected chi connectivity index (χ0v) is 18.9. The van der Waals surface area contributed by atoms with E-state index in [1.54, 1.807) is 42.7 Å². The van der Waals surface area contributed by atoms with E-state index < -0.39 is 10.0 Å². The Morgan fingerprint density at radius 1 is 1.12 bits per heavy atom. The summed E-state index contributed by atoms with van der Waals surface area (Å²) in [6, 6.07) is 10.9. The summed E-state index contributed by atoms with van der Waals surface area (Å²) in [6.07, 6.45) is 5.70. The molecule has 0 aliphatic carbocycles. The molecule has 8 nitrogen and oxygen atoms in total. The van der Waals surface area contributed by atoms with Gasteiger partial charge in [-0.05, 0) is 50.8 Å². The third-order valence-electron chi connectivity index (χ3n) is 6.27. The van der Waals surface area contributed by atoms with Gasteiger partial charge < -0.3 is 5.01 Å². The summed E-state index contributed by atoms with van der Waals surface area (Å²) in [5.74, 6) is 1.26. The molecule has 1 fully saturated rings. The third-order valence-corrected chi connectivity index (χ3v) is 7.95. The zero-order valence-electron chi connectivity index (χ0n) is 18.1. The fourth-order valence-electron chi connectivity index (χ4n) is 4.54. The standard InChI is InChI=1S/C23H24N6O2S/c1-16-3-5-19(6-4-16)32(30,31)28-14-10-20-22-21(15-25-23(20)28)26-17(2)29(22)27-12-8-18(7-11-24)9-13-27/h3-6,10,14-15,18H,7-9,12-13H2,1-2H3. The molecular weight excluding hydrogens is 424 g/mol. The van der Waals surface area contributed by atoms with Gasteiger partial charge in [-0.1, -0.05) is 17.7 Å². The Kier molecular flexibility index (Phi) is 4.90. The van der Waals surface area contributed by atoms with E-state index in [4.69, 9.17) is 5.26 Å². The van der Waals surface area contributed by atoms with E-state index in [-0.39, 0.29) is 4.90 Å². The number of nitriles is 1. The van der Waals surface area contributed by atoms with Crippen LogP contribution in [0.25, 0.3) is 22.1 Å². The number of pyridine rings is 1. The van der Waals surface area contributed by atoms with Crippen molar-refractivity contribution in [2.24, 2.45) is 5.92 Å². The Bertz CT molecular complexity index is 1450. The van der Waals surface area contributed by atoms with E-state index in [9.17, 15) is 8.42 Å². The minimum atomic E-state index is -3.77. The second-order valence-corrected chi connectivity index (χ2v) is 10.2. The number of benzene rings is 1. The molecule has 1 saturated heterocycles. The van der Waals surface area contributed by atoms with E-state index >= 15 is 0 Å². The quantitative estimate of drug-likeness (QED) is 0.474. The maximum Gasteiger partial charge on any atom is 0.269 e. The van der Waals surface area contributed by atoms with E-state index in [0.29, 0.717) is 18.0 Å². The molecule has 4 aromatic rings. The zero-order chi connectivity index (χ0) is 22.5. The number of rotatable bonds is 4. The van der Waals surface area contributed by atoms with Crippen LogP contribution in [0.3, 0.4) is 0 Å². The smallest absolute Gasteiger partial charge is 0.269 e. The Morgan fingerprint density at radius 3 is 2.53 bits per heavy atom. The van der Waals surface area contributed by atoms with Crippen LogP contribution in [0.5, 0.6) is 0 Å². The van der Waals surface area contributed by atoms with E-state index in [2.05, 4.69) is 25.7 Å². The van der Waals surface area contributed by atoms with Crippen LogP contribution in [-0.2, 0) is 10.0 Å². The maximum absolute atomic E-state index is 13.3. The highest BCUT2D eigenvalue weighted by atomic mass is 32.2. The molecule has 0 spiro atoms. The van der Waals surface area contributed by atoms with Crippen molar-refractivity contribution in [3.63, 3.8) is 0 Å². The van der Waals surface area contributed by atoms with Gasteiger partial charge in [0.05, 0.1) is 17.2 Å². The van der Waals surface area contributed by atoms with E-state index in [1.807, 2.05) is 13.8 Å². The first-order valence-electron chi connectivity index (χ1n) is 10.7. The minimum Gasteiger partial charge on any atom is -0.311 e. The van der Waals surface area contributed by atoms with Gasteiger partial charge in [-0.2, -0.15) is 5.26 Å². The summed E-state index contributed by atoms with van der Waals surface area (Å²) >= 11 is 0. The van der Waals surface area contributed by atoms with E-state index in [0.717, 1.165) is 53.7 Å². The lowest BCUT2D eigenvalue weighted by molar-refractivity contribution is 0.369. The summed E-state index contributed by atoms with van der Waals surface area (Å²) in [5, 5.41) is 12.0. The first kappa shape index (κ1) is 20.5. The summed E-state index contributed by atoms with van der Waals surface area (Å²) in [6.45, 7) is 5.52. The molecule has 5 rings (SSSR count). The maximum atomic E-state index is 13.3. The van der Waals surface area contributed by atoms with Crippen LogP contribution in [0, 0.1) is 31.1 Å². The molecule has 3 aromatic heterocycles. The van der Waals surface area contributed by atoms with Crippen molar-refractivity contribution in [1.29, 1.82) is 5.26 Å². The SMILES string of the molecule is Cc1ccc(S(=O)(=O)n2ccc3c2ncc2nc(C)n(N4CCC(CC#N)CC4)c23)cc1. The molecule has 1 aliphatic heterocycles. The van der Waals surface area contributed by atoms with Crippen LogP contribution < -0.4 is 5.01 Å². The van der Waals surface area contributed by atoms with Gasteiger partial charge in [-0.15, -0.1) is 0 Å². The first-order valence-corrected chi connectivity index (χ1v) is 12.1. The van der Waals surface area contributed by atoms with Crippen molar-refractivity contribution >= 4 is 32.1 Å². The van der Waals surface area contributed by atoms with Gasteiger partial charge in [0.1, 0.15) is 16.9 Å². The van der Waals surface area contributed by atoms with Crippen molar-refractivity contribution < 1.29 is 8.42 Å². The number of nitrogens with zero attached hydrogens (tertiary/aromatic N) is 6. The predicted molar refractivity (Wildman–Crippen MR) is 122 cm³/mol. The van der Waals surface area contributed by atoms with Gasteiger partial charge in [0.25, 0.3) is 10.0 Å². The molecule has 0 N–H and O–H groups in total. The van der Waals surface area contributed by atoms with Crippen molar-refractivity contribution in [3.05, 3.63) is 54.1 Å². The Balaban J connectivity index is 1.62. The van der Waals surface area contributed by atoms with E-state index in [1.165, 1.54) is 3.97 Å². The lowest BCUT2D eigenvalue weighted by Crippen LogP contribution is -2.42. The van der Waals surface area contributed by atoms with Crippen LogP contribution in [0.2, 0.25) is 0 Å². The van der Waals surface area contributed by atoms with Crippen LogP contribution in [0.4, 0.5) is 0 Å². The van der Waals surface area contributed by atoms with Crippen molar-refractivity contribution in [1.82, 2.24) is 18.6 Å². The van der Waals surface area contributed by atoms with Crippen molar-refractivity contribution in [2.45, 2.75) is 38.0 Å². The number of imidazole rings is 1. The highest BCUT2D eigenvalue weighted by Gasteiger charge is 2.25. The fourth-order valence-corrected chi connectivity index (χ4v) is 5.84. The lowest BCUT2D eigenvalue weighted by atomic mass is 9.95. The van der Waals surface area contributed by atoms with Crippen molar-refractivity contribution in [3.8, 4) is 6.07 Å². The largest absolute Gasteiger partial charge is 0.311 e. The van der Waals surface area contributed by atoms with Crippen LogP contribution in [0.1, 0.15) is 30.7 Å². The number of fused-ring (bicyclic) bond motifs is 3. The molecular formula is C23H24N6O2S. The van der Waals surface area contributed by atoms with Gasteiger partial charge in [-0.3, -0.25) is 0 Å². The van der Waals surface area contributed by atoms with Gasteiger partial charge >= 0.3 is 0 Å². The van der Waals surface area contributed by atoms with Crippen LogP contribution in [-0.4, -0.2) is 40.1 Å². The second-order valence-electron chi connectivity index (χ2n) is 8.39. The summed E-state index contributed by atoms with van der Waals surface area (Å²) < 4.78 is 30.0. The van der Waals surface area contributed by atoms with Gasteiger partial charge in [0.2, 0.25) is 0 Å². The molecule has 32 heavy (non-hydrogen) atoms. The fraction of sp³-hybridized carbons (Fsp3) is 0.348. The highest BCUT2D eigenvalue weighted by molar-refractivity contribution is 7.90. The Labute approximate surface area is 186 Å². The minimum absolute atomic E-state index is 0.228. The molecule has 0 unspecified atom stereocenters. The number of hydrogen-bond donors (Lipinski definition) is 0. The Morgan fingerprint density at radius 2 is 1.84 bits per heavy atom. The highest BCUT2D eigenvalue weighted by Crippen LogP contribution is 2.30. The molecule has 0 bridgehead atoms. The average molecular weight is 449 g/mol. The van der Waals surface area contributed by atoms with Crippen LogP contribution in [0.15, 0.2) is 47.6 Å². The van der Waals surface area contributed by atoms with Gasteiger partial charge in [0.15, 0.2) is 5.65 Å². The third kappa shape index (κ3) is 3.22. The van der Waals surface area contributed by atoms with Crippen LogP contribution >= 0.6 is 0 Å². The number of hydrogen-bond acceptors (Lipinski definition) is 6. The monoisotopic (exact) mass is 448 g/mol. The molecule has 1 aromatic carbocycles. The molecule has 164 valence electrons. The summed E-state index contributed by atoms with van der Waals surface area (Å²) in [7, 11) is -3.77.